The molecule has 0 aromatic rings. The van der Waals surface area contributed by atoms with Crippen LogP contribution in [0.2, 0.25) is 0 Å². The van der Waals surface area contributed by atoms with Crippen molar-refractivity contribution in [1.82, 2.24) is 4.90 Å². The highest BCUT2D eigenvalue weighted by atomic mass is 16.5. The van der Waals surface area contributed by atoms with E-state index in [0.717, 1.165) is 32.5 Å². The second-order valence-electron chi connectivity index (χ2n) is 3.77. The topological polar surface area (TPSA) is 12.5 Å². The van der Waals surface area contributed by atoms with Crippen LogP contribution in [0.5, 0.6) is 0 Å². The number of rotatable bonds is 9. The highest BCUT2D eigenvalue weighted by Gasteiger charge is 2.14. The van der Waals surface area contributed by atoms with E-state index in [0.29, 0.717) is 6.23 Å². The molecule has 2 nitrogen and oxygen atoms in total. The van der Waals surface area contributed by atoms with Crippen molar-refractivity contribution in [2.75, 3.05) is 19.7 Å². The molecule has 0 spiro atoms. The Kier molecular flexibility index (Phi) is 9.42. The Labute approximate surface area is 89.6 Å². The van der Waals surface area contributed by atoms with Crippen molar-refractivity contribution in [3.05, 3.63) is 0 Å². The normalized spacial score (nSPS) is 13.5. The highest BCUT2D eigenvalue weighted by Crippen LogP contribution is 2.08. The fourth-order valence-electron chi connectivity index (χ4n) is 1.71. The van der Waals surface area contributed by atoms with Gasteiger partial charge in [0.25, 0.3) is 0 Å². The van der Waals surface area contributed by atoms with Gasteiger partial charge < -0.3 is 4.74 Å². The second-order valence-corrected chi connectivity index (χ2v) is 3.77. The Morgan fingerprint density at radius 1 is 0.929 bits per heavy atom. The van der Waals surface area contributed by atoms with Gasteiger partial charge in [-0.05, 0) is 25.7 Å². The molecular formula is C12H27NO. The van der Waals surface area contributed by atoms with Crippen molar-refractivity contribution in [3.8, 4) is 0 Å². The van der Waals surface area contributed by atoms with E-state index in [1.54, 1.807) is 0 Å². The van der Waals surface area contributed by atoms with Crippen molar-refractivity contribution < 1.29 is 4.74 Å². The molecule has 0 rings (SSSR count). The van der Waals surface area contributed by atoms with E-state index in [1.165, 1.54) is 12.8 Å². The van der Waals surface area contributed by atoms with E-state index in [1.807, 2.05) is 0 Å². The first kappa shape index (κ1) is 13.9. The molecule has 0 heterocycles. The Morgan fingerprint density at radius 3 is 1.86 bits per heavy atom. The van der Waals surface area contributed by atoms with E-state index in [2.05, 4.69) is 32.6 Å². The third-order valence-electron chi connectivity index (χ3n) is 2.29. The van der Waals surface area contributed by atoms with Crippen molar-refractivity contribution >= 4 is 0 Å². The van der Waals surface area contributed by atoms with Crippen LogP contribution in [-0.2, 0) is 4.74 Å². The molecule has 86 valence electrons. The maximum Gasteiger partial charge on any atom is 0.110 e. The number of ether oxygens (including phenoxy) is 1. The van der Waals surface area contributed by atoms with E-state index in [9.17, 15) is 0 Å². The first-order valence-corrected chi connectivity index (χ1v) is 6.15. The SMILES string of the molecule is CCCOC(CC)N(CCC)CCC. The molecule has 1 unspecified atom stereocenters. The molecule has 0 aromatic heterocycles. The molecule has 0 N–H and O–H groups in total. The average molecular weight is 201 g/mol. The summed E-state index contributed by atoms with van der Waals surface area (Å²) in [6.45, 7) is 12.0. The summed E-state index contributed by atoms with van der Waals surface area (Å²) < 4.78 is 5.83. The Hall–Kier alpha value is -0.0800. The smallest absolute Gasteiger partial charge is 0.110 e. The molecule has 0 aromatic carbocycles. The van der Waals surface area contributed by atoms with E-state index >= 15 is 0 Å². The van der Waals surface area contributed by atoms with Gasteiger partial charge in [-0.25, -0.2) is 0 Å². The standard InChI is InChI=1S/C12H27NO/c1-5-9-13(10-6-2)12(8-4)14-11-7-3/h12H,5-11H2,1-4H3. The average Bonchev–Trinajstić information content (AvgIpc) is 2.19. The third-order valence-corrected chi connectivity index (χ3v) is 2.29. The Bertz CT molecular complexity index is 111. The Morgan fingerprint density at radius 2 is 1.50 bits per heavy atom. The molecule has 0 aliphatic heterocycles. The van der Waals surface area contributed by atoms with Crippen LogP contribution in [0.1, 0.15) is 53.4 Å². The van der Waals surface area contributed by atoms with E-state index < -0.39 is 0 Å². The zero-order valence-electron chi connectivity index (χ0n) is 10.4. The molecule has 2 heteroatoms. The van der Waals surface area contributed by atoms with E-state index in [4.69, 9.17) is 4.74 Å². The molecule has 0 aliphatic rings. The minimum absolute atomic E-state index is 0.342. The summed E-state index contributed by atoms with van der Waals surface area (Å²) in [5.41, 5.74) is 0. The quantitative estimate of drug-likeness (QED) is 0.531. The number of nitrogens with zero attached hydrogens (tertiary/aromatic N) is 1. The van der Waals surface area contributed by atoms with Gasteiger partial charge in [-0.1, -0.05) is 27.7 Å². The van der Waals surface area contributed by atoms with Gasteiger partial charge in [0.05, 0.1) is 0 Å². The van der Waals surface area contributed by atoms with Crippen molar-refractivity contribution in [3.63, 3.8) is 0 Å². The summed E-state index contributed by atoms with van der Waals surface area (Å²) >= 11 is 0. The molecule has 0 saturated carbocycles. The molecule has 0 radical (unpaired) electrons. The molecule has 14 heavy (non-hydrogen) atoms. The lowest BCUT2D eigenvalue weighted by Gasteiger charge is -2.30. The van der Waals surface area contributed by atoms with Crippen LogP contribution >= 0.6 is 0 Å². The van der Waals surface area contributed by atoms with Gasteiger partial charge in [0.15, 0.2) is 0 Å². The molecule has 1 atom stereocenters. The minimum Gasteiger partial charge on any atom is -0.363 e. The van der Waals surface area contributed by atoms with Gasteiger partial charge in [-0.15, -0.1) is 0 Å². The highest BCUT2D eigenvalue weighted by molar-refractivity contribution is 4.61. The fraction of sp³-hybridized carbons (Fsp3) is 1.00. The second kappa shape index (κ2) is 9.47. The van der Waals surface area contributed by atoms with Crippen molar-refractivity contribution in [2.45, 2.75) is 59.6 Å². The van der Waals surface area contributed by atoms with Crippen LogP contribution in [0.4, 0.5) is 0 Å². The maximum atomic E-state index is 5.83. The summed E-state index contributed by atoms with van der Waals surface area (Å²) in [5.74, 6) is 0. The summed E-state index contributed by atoms with van der Waals surface area (Å²) in [4.78, 5) is 2.47. The monoisotopic (exact) mass is 201 g/mol. The largest absolute Gasteiger partial charge is 0.363 e. The van der Waals surface area contributed by atoms with Crippen molar-refractivity contribution in [2.24, 2.45) is 0 Å². The zero-order valence-corrected chi connectivity index (χ0v) is 10.4. The predicted octanol–water partition coefficient (Wildman–Crippen LogP) is 3.27. The first-order valence-electron chi connectivity index (χ1n) is 6.15. The molecular weight excluding hydrogens is 174 g/mol. The summed E-state index contributed by atoms with van der Waals surface area (Å²) in [6.07, 6.45) is 4.98. The minimum atomic E-state index is 0.342. The fourth-order valence-corrected chi connectivity index (χ4v) is 1.71. The van der Waals surface area contributed by atoms with Crippen LogP contribution in [0, 0.1) is 0 Å². The molecule has 0 fully saturated rings. The Balaban J connectivity index is 3.96. The molecule has 0 saturated heterocycles. The summed E-state index contributed by atoms with van der Waals surface area (Å²) in [5, 5.41) is 0. The summed E-state index contributed by atoms with van der Waals surface area (Å²) in [7, 11) is 0. The number of hydrogen-bond acceptors (Lipinski definition) is 2. The van der Waals surface area contributed by atoms with Crippen LogP contribution < -0.4 is 0 Å². The zero-order chi connectivity index (χ0) is 10.8. The van der Waals surface area contributed by atoms with Crippen LogP contribution in [-0.4, -0.2) is 30.8 Å². The van der Waals surface area contributed by atoms with Crippen LogP contribution in [0.15, 0.2) is 0 Å². The van der Waals surface area contributed by atoms with Gasteiger partial charge >= 0.3 is 0 Å². The van der Waals surface area contributed by atoms with Crippen LogP contribution in [0.25, 0.3) is 0 Å². The van der Waals surface area contributed by atoms with Gasteiger partial charge in [-0.3, -0.25) is 4.90 Å². The van der Waals surface area contributed by atoms with Crippen LogP contribution in [0.3, 0.4) is 0 Å². The lowest BCUT2D eigenvalue weighted by atomic mass is 10.3. The molecule has 0 aliphatic carbocycles. The van der Waals surface area contributed by atoms with Gasteiger partial charge in [0.1, 0.15) is 6.23 Å². The van der Waals surface area contributed by atoms with E-state index in [-0.39, 0.29) is 0 Å². The lowest BCUT2D eigenvalue weighted by molar-refractivity contribution is -0.0613. The molecule has 0 bridgehead atoms. The number of hydrogen-bond donors (Lipinski definition) is 0. The lowest BCUT2D eigenvalue weighted by Crippen LogP contribution is -2.38. The van der Waals surface area contributed by atoms with Gasteiger partial charge in [0.2, 0.25) is 0 Å². The first-order chi connectivity index (χ1) is 6.79. The molecule has 0 amide bonds. The third kappa shape index (κ3) is 5.61. The maximum absolute atomic E-state index is 5.83. The summed E-state index contributed by atoms with van der Waals surface area (Å²) in [6, 6.07) is 0. The van der Waals surface area contributed by atoms with Gasteiger partial charge in [0, 0.05) is 19.7 Å². The van der Waals surface area contributed by atoms with Crippen molar-refractivity contribution in [1.29, 1.82) is 0 Å². The predicted molar refractivity (Wildman–Crippen MR) is 62.5 cm³/mol. The van der Waals surface area contributed by atoms with Gasteiger partial charge in [-0.2, -0.15) is 0 Å².